The SMILES string of the molecule is CC(C)COC(=O)NCc1ccc(C=CC(=O)O)s1. The largest absolute Gasteiger partial charge is 0.478 e. The number of hydrogen-bond donors (Lipinski definition) is 2. The fourth-order valence-corrected chi connectivity index (χ4v) is 2.04. The minimum atomic E-state index is -0.981. The summed E-state index contributed by atoms with van der Waals surface area (Å²) in [7, 11) is 0. The Morgan fingerprint density at radius 2 is 2.21 bits per heavy atom. The second kappa shape index (κ2) is 7.58. The zero-order valence-electron chi connectivity index (χ0n) is 10.9. The van der Waals surface area contributed by atoms with Crippen molar-refractivity contribution >= 4 is 29.5 Å². The number of carboxylic acids is 1. The van der Waals surface area contributed by atoms with Crippen molar-refractivity contribution < 1.29 is 19.4 Å². The van der Waals surface area contributed by atoms with Crippen molar-refractivity contribution in [2.75, 3.05) is 6.61 Å². The second-order valence-electron chi connectivity index (χ2n) is 4.32. The van der Waals surface area contributed by atoms with Gasteiger partial charge in [0.2, 0.25) is 0 Å². The molecule has 0 aliphatic heterocycles. The normalized spacial score (nSPS) is 10.9. The van der Waals surface area contributed by atoms with E-state index in [1.807, 2.05) is 19.9 Å². The summed E-state index contributed by atoms with van der Waals surface area (Å²) in [5, 5.41) is 11.1. The lowest BCUT2D eigenvalue weighted by molar-refractivity contribution is -0.131. The van der Waals surface area contributed by atoms with Gasteiger partial charge in [-0.2, -0.15) is 0 Å². The van der Waals surface area contributed by atoms with E-state index in [0.717, 1.165) is 15.8 Å². The molecule has 19 heavy (non-hydrogen) atoms. The molecule has 1 amide bonds. The van der Waals surface area contributed by atoms with Crippen LogP contribution in [0.15, 0.2) is 18.2 Å². The number of carbonyl (C=O) groups excluding carboxylic acids is 1. The van der Waals surface area contributed by atoms with Gasteiger partial charge in [-0.3, -0.25) is 0 Å². The van der Waals surface area contributed by atoms with Crippen molar-refractivity contribution in [1.29, 1.82) is 0 Å². The second-order valence-corrected chi connectivity index (χ2v) is 5.52. The first-order valence-corrected chi connectivity index (χ1v) is 6.69. The Labute approximate surface area is 115 Å². The number of alkyl carbamates (subject to hydrolysis) is 1. The van der Waals surface area contributed by atoms with Gasteiger partial charge >= 0.3 is 12.1 Å². The molecular formula is C13H17NO4S. The van der Waals surface area contributed by atoms with E-state index in [-0.39, 0.29) is 0 Å². The summed E-state index contributed by atoms with van der Waals surface area (Å²) >= 11 is 1.42. The molecule has 0 aliphatic rings. The maximum atomic E-state index is 11.3. The number of nitrogens with one attached hydrogen (secondary N) is 1. The van der Waals surface area contributed by atoms with Crippen LogP contribution in [0, 0.1) is 5.92 Å². The minimum absolute atomic E-state index is 0.306. The average Bonchev–Trinajstić information content (AvgIpc) is 2.79. The third kappa shape index (κ3) is 6.61. The van der Waals surface area contributed by atoms with Crippen LogP contribution >= 0.6 is 11.3 Å². The van der Waals surface area contributed by atoms with Gasteiger partial charge in [0.05, 0.1) is 13.2 Å². The molecule has 0 unspecified atom stereocenters. The molecule has 0 bridgehead atoms. The van der Waals surface area contributed by atoms with Gasteiger partial charge in [0.15, 0.2) is 0 Å². The number of hydrogen-bond acceptors (Lipinski definition) is 4. The van der Waals surface area contributed by atoms with Crippen LogP contribution in [-0.2, 0) is 16.1 Å². The van der Waals surface area contributed by atoms with E-state index < -0.39 is 12.1 Å². The fraction of sp³-hybridized carbons (Fsp3) is 0.385. The molecule has 0 spiro atoms. The lowest BCUT2D eigenvalue weighted by Crippen LogP contribution is -2.24. The molecule has 1 heterocycles. The third-order valence-electron chi connectivity index (χ3n) is 2.03. The molecule has 0 atom stereocenters. The van der Waals surface area contributed by atoms with Gasteiger partial charge in [-0.05, 0) is 24.1 Å². The van der Waals surface area contributed by atoms with Gasteiger partial charge in [-0.25, -0.2) is 9.59 Å². The summed E-state index contributed by atoms with van der Waals surface area (Å²) in [4.78, 5) is 23.5. The van der Waals surface area contributed by atoms with Crippen molar-refractivity contribution in [3.63, 3.8) is 0 Å². The zero-order chi connectivity index (χ0) is 14.3. The maximum absolute atomic E-state index is 11.3. The van der Waals surface area contributed by atoms with Gasteiger partial charge in [0, 0.05) is 15.8 Å². The fourth-order valence-electron chi connectivity index (χ4n) is 1.19. The molecule has 0 saturated heterocycles. The van der Waals surface area contributed by atoms with E-state index in [9.17, 15) is 9.59 Å². The number of carboxylic acid groups (broad SMARTS) is 1. The maximum Gasteiger partial charge on any atom is 0.407 e. The number of aliphatic carboxylic acids is 1. The predicted octanol–water partition coefficient (Wildman–Crippen LogP) is 2.73. The Bertz CT molecular complexity index is 465. The molecule has 0 aliphatic carbocycles. The average molecular weight is 283 g/mol. The van der Waals surface area contributed by atoms with E-state index in [1.54, 1.807) is 6.07 Å². The third-order valence-corrected chi connectivity index (χ3v) is 3.08. The molecule has 104 valence electrons. The van der Waals surface area contributed by atoms with Crippen LogP contribution in [0.25, 0.3) is 6.08 Å². The number of thiophene rings is 1. The molecule has 0 radical (unpaired) electrons. The van der Waals surface area contributed by atoms with Crippen molar-refractivity contribution in [2.45, 2.75) is 20.4 Å². The van der Waals surface area contributed by atoms with Crippen molar-refractivity contribution in [1.82, 2.24) is 5.32 Å². The van der Waals surface area contributed by atoms with E-state index in [1.165, 1.54) is 17.4 Å². The van der Waals surface area contributed by atoms with Crippen LogP contribution in [0.1, 0.15) is 23.6 Å². The predicted molar refractivity (Wildman–Crippen MR) is 74.0 cm³/mol. The van der Waals surface area contributed by atoms with Crippen molar-refractivity contribution in [2.24, 2.45) is 5.92 Å². The van der Waals surface area contributed by atoms with Crippen LogP contribution in [0.4, 0.5) is 4.79 Å². The molecule has 1 aromatic heterocycles. The van der Waals surface area contributed by atoms with Crippen LogP contribution < -0.4 is 5.32 Å². The van der Waals surface area contributed by atoms with Crippen molar-refractivity contribution in [3.05, 3.63) is 28.0 Å². The Balaban J connectivity index is 2.38. The highest BCUT2D eigenvalue weighted by Crippen LogP contribution is 2.17. The van der Waals surface area contributed by atoms with Gasteiger partial charge < -0.3 is 15.2 Å². The first-order chi connectivity index (χ1) is 8.97. The summed E-state index contributed by atoms with van der Waals surface area (Å²) in [5.41, 5.74) is 0. The highest BCUT2D eigenvalue weighted by molar-refractivity contribution is 7.12. The highest BCUT2D eigenvalue weighted by Gasteiger charge is 2.04. The van der Waals surface area contributed by atoms with Crippen LogP contribution in [-0.4, -0.2) is 23.8 Å². The lowest BCUT2D eigenvalue weighted by Gasteiger charge is -2.07. The number of rotatable bonds is 6. The number of amides is 1. The van der Waals surface area contributed by atoms with Crippen LogP contribution in [0.5, 0.6) is 0 Å². The van der Waals surface area contributed by atoms with E-state index in [4.69, 9.17) is 9.84 Å². The molecule has 1 aromatic rings. The number of ether oxygens (including phenoxy) is 1. The molecule has 0 saturated carbocycles. The van der Waals surface area contributed by atoms with E-state index in [2.05, 4.69) is 5.32 Å². The topological polar surface area (TPSA) is 75.6 Å². The quantitative estimate of drug-likeness (QED) is 0.787. The molecule has 5 nitrogen and oxygen atoms in total. The number of carbonyl (C=O) groups is 2. The molecular weight excluding hydrogens is 266 g/mol. The molecule has 1 rings (SSSR count). The van der Waals surface area contributed by atoms with Gasteiger partial charge in [-0.1, -0.05) is 13.8 Å². The van der Waals surface area contributed by atoms with E-state index in [0.29, 0.717) is 19.1 Å². The molecule has 0 fully saturated rings. The molecule has 6 heteroatoms. The zero-order valence-corrected chi connectivity index (χ0v) is 11.7. The first kappa shape index (κ1) is 15.2. The lowest BCUT2D eigenvalue weighted by atomic mass is 10.2. The summed E-state index contributed by atoms with van der Waals surface area (Å²) in [6.45, 7) is 4.70. The Hall–Kier alpha value is -1.82. The standard InChI is InChI=1S/C13H17NO4S/c1-9(2)8-18-13(17)14-7-11-4-3-10(19-11)5-6-12(15)16/h3-6,9H,7-8H2,1-2H3,(H,14,17)(H,15,16). The Morgan fingerprint density at radius 3 is 2.84 bits per heavy atom. The summed E-state index contributed by atoms with van der Waals surface area (Å²) in [6.07, 6.45) is 2.16. The van der Waals surface area contributed by atoms with Gasteiger partial charge in [0.25, 0.3) is 0 Å². The molecule has 0 aromatic carbocycles. The molecule has 2 N–H and O–H groups in total. The Morgan fingerprint density at radius 1 is 1.47 bits per heavy atom. The summed E-state index contributed by atoms with van der Waals surface area (Å²) in [5.74, 6) is -0.675. The smallest absolute Gasteiger partial charge is 0.407 e. The monoisotopic (exact) mass is 283 g/mol. The van der Waals surface area contributed by atoms with Crippen molar-refractivity contribution in [3.8, 4) is 0 Å². The van der Waals surface area contributed by atoms with E-state index >= 15 is 0 Å². The minimum Gasteiger partial charge on any atom is -0.478 e. The Kier molecular flexibility index (Phi) is 6.08. The highest BCUT2D eigenvalue weighted by atomic mass is 32.1. The summed E-state index contributed by atoms with van der Waals surface area (Å²) in [6, 6.07) is 3.65. The first-order valence-electron chi connectivity index (χ1n) is 5.87. The van der Waals surface area contributed by atoms with Crippen LogP contribution in [0.2, 0.25) is 0 Å². The summed E-state index contributed by atoms with van der Waals surface area (Å²) < 4.78 is 4.97. The van der Waals surface area contributed by atoms with Gasteiger partial charge in [0.1, 0.15) is 0 Å². The van der Waals surface area contributed by atoms with Crippen LogP contribution in [0.3, 0.4) is 0 Å². The van der Waals surface area contributed by atoms with Gasteiger partial charge in [-0.15, -0.1) is 11.3 Å².